The molecule has 0 saturated heterocycles. The maximum Gasteiger partial charge on any atom is 0.267 e. The molecule has 4 nitrogen and oxygen atoms in total. The molecular weight excluding hydrogens is 264 g/mol. The summed E-state index contributed by atoms with van der Waals surface area (Å²) in [7, 11) is 0. The van der Waals surface area contributed by atoms with E-state index in [9.17, 15) is 4.79 Å². The fourth-order valence-corrected chi connectivity index (χ4v) is 1.48. The summed E-state index contributed by atoms with van der Waals surface area (Å²) < 4.78 is 5.57. The van der Waals surface area contributed by atoms with Crippen molar-refractivity contribution >= 4 is 17.5 Å². The first-order valence-corrected chi connectivity index (χ1v) is 6.29. The summed E-state index contributed by atoms with van der Waals surface area (Å²) in [6.45, 7) is 5.80. The summed E-state index contributed by atoms with van der Waals surface area (Å²) in [5, 5.41) is 0.525. The molecule has 102 valence electrons. The van der Waals surface area contributed by atoms with Gasteiger partial charge in [-0.25, -0.2) is 0 Å². The Morgan fingerprint density at radius 1 is 1.53 bits per heavy atom. The number of carbonyl (C=O) groups is 1. The number of amides is 1. The molecule has 0 unspecified atom stereocenters. The first kappa shape index (κ1) is 15.2. The Morgan fingerprint density at radius 2 is 2.21 bits per heavy atom. The van der Waals surface area contributed by atoms with Gasteiger partial charge in [0.2, 0.25) is 0 Å². The average Bonchev–Trinajstić information content (AvgIpc) is 2.38. The largest absolute Gasteiger partial charge is 0.460 e. The molecule has 1 amide bonds. The van der Waals surface area contributed by atoms with Gasteiger partial charge in [0.15, 0.2) is 0 Å². The summed E-state index contributed by atoms with van der Waals surface area (Å²) >= 11 is 6.13. The number of hydrogen-bond acceptors (Lipinski definition) is 3. The number of hydrogen-bond donors (Lipinski definition) is 1. The number of ether oxygens (including phenoxy) is 1. The van der Waals surface area contributed by atoms with E-state index < -0.39 is 5.91 Å². The number of pyridine rings is 1. The van der Waals surface area contributed by atoms with E-state index in [0.717, 1.165) is 12.0 Å². The Balaban J connectivity index is 2.93. The number of rotatable bonds is 5. The molecule has 1 rings (SSSR count). The second kappa shape index (κ2) is 6.95. The highest BCUT2D eigenvalue weighted by Crippen LogP contribution is 2.20. The van der Waals surface area contributed by atoms with Crippen molar-refractivity contribution < 1.29 is 9.53 Å². The molecule has 0 aliphatic heterocycles. The van der Waals surface area contributed by atoms with Crippen molar-refractivity contribution in [3.63, 3.8) is 0 Å². The maximum absolute atomic E-state index is 11.0. The van der Waals surface area contributed by atoms with Gasteiger partial charge in [0.25, 0.3) is 5.91 Å². The molecule has 0 saturated carbocycles. The average molecular weight is 281 g/mol. The molecule has 0 bridgehead atoms. The Kier molecular flexibility index (Phi) is 5.57. The summed E-state index contributed by atoms with van der Waals surface area (Å²) in [6.07, 6.45) is 4.24. The molecule has 0 aromatic carbocycles. The van der Waals surface area contributed by atoms with E-state index in [1.54, 1.807) is 13.0 Å². The van der Waals surface area contributed by atoms with Crippen LogP contribution >= 0.6 is 11.6 Å². The summed E-state index contributed by atoms with van der Waals surface area (Å²) in [5.74, 6) is 0.429. The van der Waals surface area contributed by atoms with Crippen LogP contribution in [0.15, 0.2) is 40.8 Å². The molecule has 0 atom stereocenters. The predicted molar refractivity (Wildman–Crippen MR) is 76.0 cm³/mol. The molecular formula is C14H17ClN2O2. The second-order valence-corrected chi connectivity index (χ2v) is 4.50. The molecule has 5 heteroatoms. The lowest BCUT2D eigenvalue weighted by Crippen LogP contribution is -2.12. The monoisotopic (exact) mass is 280 g/mol. The van der Waals surface area contributed by atoms with Crippen LogP contribution < -0.4 is 10.5 Å². The van der Waals surface area contributed by atoms with Gasteiger partial charge in [0.05, 0.1) is 5.03 Å². The molecule has 0 spiro atoms. The van der Waals surface area contributed by atoms with Gasteiger partial charge in [0.1, 0.15) is 17.2 Å². The predicted octanol–water partition coefficient (Wildman–Crippen LogP) is 3.39. The van der Waals surface area contributed by atoms with Crippen molar-refractivity contribution in [2.75, 3.05) is 0 Å². The Morgan fingerprint density at radius 3 is 2.79 bits per heavy atom. The van der Waals surface area contributed by atoms with Crippen LogP contribution in [0.3, 0.4) is 0 Å². The van der Waals surface area contributed by atoms with Crippen molar-refractivity contribution in [1.29, 1.82) is 0 Å². The minimum absolute atomic E-state index is 0.154. The second-order valence-electron chi connectivity index (χ2n) is 4.09. The summed E-state index contributed by atoms with van der Waals surface area (Å²) in [4.78, 5) is 14.9. The zero-order chi connectivity index (χ0) is 14.4. The number of primary amides is 1. The molecule has 0 aliphatic rings. The normalized spacial score (nSPS) is 12.9. The van der Waals surface area contributed by atoms with Gasteiger partial charge in [-0.3, -0.25) is 9.78 Å². The summed E-state index contributed by atoms with van der Waals surface area (Å²) in [6, 6.07) is 3.11. The van der Waals surface area contributed by atoms with Gasteiger partial charge in [-0.2, -0.15) is 0 Å². The number of halogens is 1. The highest BCUT2D eigenvalue weighted by atomic mass is 35.5. The van der Waals surface area contributed by atoms with Gasteiger partial charge in [-0.1, -0.05) is 24.1 Å². The topological polar surface area (TPSA) is 65.2 Å². The van der Waals surface area contributed by atoms with E-state index >= 15 is 0 Å². The fourth-order valence-electron chi connectivity index (χ4n) is 1.25. The van der Waals surface area contributed by atoms with E-state index in [-0.39, 0.29) is 5.69 Å². The van der Waals surface area contributed by atoms with E-state index in [2.05, 4.69) is 4.98 Å². The number of allylic oxidation sites excluding steroid dienone is 4. The van der Waals surface area contributed by atoms with Crippen molar-refractivity contribution in [3.05, 3.63) is 46.5 Å². The molecule has 1 aromatic rings. The standard InChI is InChI=1S/C14H17ClN2O2/c1-4-9(2)7-12(15)10(3)19-11-5-6-17-13(8-11)14(16)18/h5-8H,4H2,1-3H3,(H2,16,18)/b9-7-,12-10-. The zero-order valence-corrected chi connectivity index (χ0v) is 12.0. The van der Waals surface area contributed by atoms with Crippen LogP contribution in [0.25, 0.3) is 0 Å². The lowest BCUT2D eigenvalue weighted by Gasteiger charge is -2.08. The van der Waals surface area contributed by atoms with Crippen LogP contribution in [0.2, 0.25) is 0 Å². The van der Waals surface area contributed by atoms with Gasteiger partial charge in [0, 0.05) is 12.3 Å². The zero-order valence-electron chi connectivity index (χ0n) is 11.2. The molecule has 19 heavy (non-hydrogen) atoms. The SMILES string of the molecule is CC/C(C)=C\C(Cl)=C(/C)Oc1ccnc(C(N)=O)c1. The third-order valence-corrected chi connectivity index (χ3v) is 2.90. The molecule has 0 aliphatic carbocycles. The fraction of sp³-hybridized carbons (Fsp3) is 0.286. The van der Waals surface area contributed by atoms with Crippen LogP contribution in [-0.2, 0) is 0 Å². The lowest BCUT2D eigenvalue weighted by atomic mass is 10.2. The Hall–Kier alpha value is -1.81. The van der Waals surface area contributed by atoms with Crippen LogP contribution in [0.5, 0.6) is 5.75 Å². The van der Waals surface area contributed by atoms with Crippen LogP contribution in [0, 0.1) is 0 Å². The summed E-state index contributed by atoms with van der Waals surface area (Å²) in [5.41, 5.74) is 6.46. The first-order valence-electron chi connectivity index (χ1n) is 5.91. The molecule has 0 radical (unpaired) electrons. The van der Waals surface area contributed by atoms with Gasteiger partial charge in [-0.05, 0) is 32.4 Å². The lowest BCUT2D eigenvalue weighted by molar-refractivity contribution is 0.0995. The minimum atomic E-state index is -0.597. The molecule has 1 heterocycles. The van der Waals surface area contributed by atoms with E-state index in [1.165, 1.54) is 12.3 Å². The maximum atomic E-state index is 11.0. The molecule has 2 N–H and O–H groups in total. The number of carbonyl (C=O) groups excluding carboxylic acids is 1. The van der Waals surface area contributed by atoms with Crippen molar-refractivity contribution in [2.24, 2.45) is 5.73 Å². The van der Waals surface area contributed by atoms with Crippen LogP contribution in [0.4, 0.5) is 0 Å². The van der Waals surface area contributed by atoms with Gasteiger partial charge in [-0.15, -0.1) is 0 Å². The van der Waals surface area contributed by atoms with Gasteiger partial charge < -0.3 is 10.5 Å². The van der Waals surface area contributed by atoms with Crippen molar-refractivity contribution in [2.45, 2.75) is 27.2 Å². The highest BCUT2D eigenvalue weighted by Gasteiger charge is 2.06. The van der Waals surface area contributed by atoms with E-state index in [0.29, 0.717) is 16.5 Å². The Bertz CT molecular complexity index is 536. The van der Waals surface area contributed by atoms with E-state index in [1.807, 2.05) is 19.9 Å². The van der Waals surface area contributed by atoms with Crippen molar-refractivity contribution in [3.8, 4) is 5.75 Å². The molecule has 1 aromatic heterocycles. The molecule has 0 fully saturated rings. The third kappa shape index (κ3) is 4.75. The van der Waals surface area contributed by atoms with Crippen LogP contribution in [-0.4, -0.2) is 10.9 Å². The van der Waals surface area contributed by atoms with Gasteiger partial charge >= 0.3 is 0 Å². The quantitative estimate of drug-likeness (QED) is 0.664. The first-order chi connectivity index (χ1) is 8.93. The van der Waals surface area contributed by atoms with Crippen LogP contribution in [0.1, 0.15) is 37.7 Å². The highest BCUT2D eigenvalue weighted by molar-refractivity contribution is 6.31. The number of nitrogens with two attached hydrogens (primary N) is 1. The third-order valence-electron chi connectivity index (χ3n) is 2.52. The van der Waals surface area contributed by atoms with E-state index in [4.69, 9.17) is 22.1 Å². The smallest absolute Gasteiger partial charge is 0.267 e. The Labute approximate surface area is 117 Å². The number of aromatic nitrogens is 1. The minimum Gasteiger partial charge on any atom is -0.460 e. The number of nitrogens with zero attached hydrogens (tertiary/aromatic N) is 1. The van der Waals surface area contributed by atoms with Crippen molar-refractivity contribution in [1.82, 2.24) is 4.98 Å².